The molecule has 268 valence electrons. The van der Waals surface area contributed by atoms with Crippen molar-refractivity contribution >= 4 is 38.6 Å². The highest BCUT2D eigenvalue weighted by molar-refractivity contribution is 6.12. The highest BCUT2D eigenvalue weighted by Crippen LogP contribution is 2.43. The van der Waals surface area contributed by atoms with Gasteiger partial charge in [0.05, 0.1) is 5.69 Å². The minimum absolute atomic E-state index is 1.09. The number of hydrogen-bond acceptors (Lipinski definition) is 1. The van der Waals surface area contributed by atoms with Crippen molar-refractivity contribution in [2.24, 2.45) is 0 Å². The zero-order valence-electron chi connectivity index (χ0n) is 31.5. The highest BCUT2D eigenvalue weighted by atomic mass is 15.1. The van der Waals surface area contributed by atoms with Crippen molar-refractivity contribution in [2.75, 3.05) is 4.90 Å². The highest BCUT2D eigenvalue weighted by Gasteiger charge is 2.18. The van der Waals surface area contributed by atoms with Crippen LogP contribution >= 0.6 is 0 Å². The summed E-state index contributed by atoms with van der Waals surface area (Å²) in [6.07, 6.45) is 0. The molecule has 10 rings (SSSR count). The third-order valence-corrected chi connectivity index (χ3v) is 11.1. The maximum atomic E-state index is 2.39. The molecule has 0 radical (unpaired) electrons. The smallest absolute Gasteiger partial charge is 0.0540 e. The van der Waals surface area contributed by atoms with Crippen molar-refractivity contribution in [3.8, 4) is 55.6 Å². The van der Waals surface area contributed by atoms with Gasteiger partial charge in [-0.25, -0.2) is 0 Å². The van der Waals surface area contributed by atoms with E-state index >= 15 is 0 Å². The summed E-state index contributed by atoms with van der Waals surface area (Å²) < 4.78 is 0. The van der Waals surface area contributed by atoms with Crippen LogP contribution in [0.3, 0.4) is 0 Å². The van der Waals surface area contributed by atoms with Crippen LogP contribution in [0.25, 0.3) is 77.2 Å². The van der Waals surface area contributed by atoms with Gasteiger partial charge >= 0.3 is 0 Å². The third-order valence-electron chi connectivity index (χ3n) is 11.1. The van der Waals surface area contributed by atoms with Gasteiger partial charge in [0.15, 0.2) is 0 Å². The molecule has 0 amide bonds. The Morgan fingerprint density at radius 1 is 0.228 bits per heavy atom. The molecular weight excluding hydrogens is 687 g/mol. The topological polar surface area (TPSA) is 3.24 Å². The second-order valence-corrected chi connectivity index (χ2v) is 14.5. The van der Waals surface area contributed by atoms with Gasteiger partial charge in [-0.15, -0.1) is 0 Å². The fourth-order valence-corrected chi connectivity index (χ4v) is 8.29. The standard InChI is InChI=1S/C56H39N/c1-4-15-41(16-5-1)51-37-32-46(39-55(51)43-19-8-3-9-20-43)40-27-33-47(34-28-40)57(56-26-13-12-23-52(56)42-17-6-2-7-18-42)48-35-29-45(30-36-48)50-24-14-25-53-49-22-11-10-21-44(49)31-38-54(50)53/h1-39H. The van der Waals surface area contributed by atoms with Crippen LogP contribution in [0.5, 0.6) is 0 Å². The Labute approximate surface area is 334 Å². The number of rotatable bonds is 8. The van der Waals surface area contributed by atoms with Crippen molar-refractivity contribution in [3.63, 3.8) is 0 Å². The predicted octanol–water partition coefficient (Wildman–Crippen LogP) is 15.8. The zero-order valence-corrected chi connectivity index (χ0v) is 31.5. The summed E-state index contributed by atoms with van der Waals surface area (Å²) >= 11 is 0. The SMILES string of the molecule is c1ccc(-c2ccc(-c3ccc(N(c4ccc(-c5cccc6c5ccc5ccccc56)cc4)c4ccccc4-c4ccccc4)cc3)cc2-c2ccccc2)cc1. The molecule has 0 aliphatic carbocycles. The van der Waals surface area contributed by atoms with E-state index < -0.39 is 0 Å². The minimum atomic E-state index is 1.09. The summed E-state index contributed by atoms with van der Waals surface area (Å²) in [5.41, 5.74) is 15.3. The van der Waals surface area contributed by atoms with E-state index in [4.69, 9.17) is 0 Å². The molecule has 0 saturated carbocycles. The molecule has 0 bridgehead atoms. The number of nitrogens with zero attached hydrogens (tertiary/aromatic N) is 1. The Morgan fingerprint density at radius 3 is 1.40 bits per heavy atom. The predicted molar refractivity (Wildman–Crippen MR) is 243 cm³/mol. The number of benzene rings is 10. The Kier molecular flexibility index (Phi) is 8.95. The van der Waals surface area contributed by atoms with Crippen LogP contribution in [0.15, 0.2) is 237 Å². The summed E-state index contributed by atoms with van der Waals surface area (Å²) in [6.45, 7) is 0. The van der Waals surface area contributed by atoms with Gasteiger partial charge in [0.2, 0.25) is 0 Å². The van der Waals surface area contributed by atoms with E-state index in [2.05, 4.69) is 241 Å². The van der Waals surface area contributed by atoms with Crippen molar-refractivity contribution < 1.29 is 0 Å². The first kappa shape index (κ1) is 34.0. The molecule has 0 atom stereocenters. The maximum absolute atomic E-state index is 2.39. The van der Waals surface area contributed by atoms with Gasteiger partial charge in [0.25, 0.3) is 0 Å². The monoisotopic (exact) mass is 725 g/mol. The Hall–Kier alpha value is -7.48. The molecule has 10 aromatic rings. The van der Waals surface area contributed by atoms with Crippen molar-refractivity contribution in [1.29, 1.82) is 0 Å². The van der Waals surface area contributed by atoms with Gasteiger partial charge in [0.1, 0.15) is 0 Å². The third kappa shape index (κ3) is 6.56. The van der Waals surface area contributed by atoms with Gasteiger partial charge < -0.3 is 4.90 Å². The molecule has 1 heteroatoms. The second kappa shape index (κ2) is 15.0. The lowest BCUT2D eigenvalue weighted by Gasteiger charge is -2.28. The van der Waals surface area contributed by atoms with E-state index in [0.717, 1.165) is 17.1 Å². The molecule has 0 unspecified atom stereocenters. The molecule has 10 aromatic carbocycles. The number of anilines is 3. The summed E-state index contributed by atoms with van der Waals surface area (Å²) in [7, 11) is 0. The number of hydrogen-bond donors (Lipinski definition) is 0. The van der Waals surface area contributed by atoms with E-state index in [1.54, 1.807) is 0 Å². The molecule has 57 heavy (non-hydrogen) atoms. The van der Waals surface area contributed by atoms with Gasteiger partial charge in [-0.05, 0) is 108 Å². The first-order valence-electron chi connectivity index (χ1n) is 19.6. The van der Waals surface area contributed by atoms with Crippen molar-refractivity contribution in [2.45, 2.75) is 0 Å². The average molecular weight is 726 g/mol. The molecule has 0 fully saturated rings. The average Bonchev–Trinajstić information content (AvgIpc) is 3.30. The zero-order chi connectivity index (χ0) is 38.0. The lowest BCUT2D eigenvalue weighted by atomic mass is 9.91. The molecule has 0 aliphatic rings. The lowest BCUT2D eigenvalue weighted by molar-refractivity contribution is 1.28. The molecule has 0 saturated heterocycles. The van der Waals surface area contributed by atoms with Crippen LogP contribution in [-0.2, 0) is 0 Å². The van der Waals surface area contributed by atoms with E-state index in [1.165, 1.54) is 77.2 Å². The van der Waals surface area contributed by atoms with E-state index in [-0.39, 0.29) is 0 Å². The molecule has 0 N–H and O–H groups in total. The fourth-order valence-electron chi connectivity index (χ4n) is 8.29. The first-order valence-corrected chi connectivity index (χ1v) is 19.6. The van der Waals surface area contributed by atoms with Crippen LogP contribution in [0.2, 0.25) is 0 Å². The Balaban J connectivity index is 1.07. The van der Waals surface area contributed by atoms with Crippen LogP contribution < -0.4 is 4.90 Å². The molecule has 1 nitrogen and oxygen atoms in total. The van der Waals surface area contributed by atoms with Crippen LogP contribution in [-0.4, -0.2) is 0 Å². The molecule has 0 heterocycles. The van der Waals surface area contributed by atoms with Gasteiger partial charge in [-0.1, -0.05) is 200 Å². The first-order chi connectivity index (χ1) is 28.3. The molecular formula is C56H39N. The van der Waals surface area contributed by atoms with Gasteiger partial charge in [-0.3, -0.25) is 0 Å². The fraction of sp³-hybridized carbons (Fsp3) is 0. The van der Waals surface area contributed by atoms with Crippen molar-refractivity contribution in [3.05, 3.63) is 237 Å². The van der Waals surface area contributed by atoms with Gasteiger partial charge in [0, 0.05) is 16.9 Å². The van der Waals surface area contributed by atoms with Crippen LogP contribution in [0.1, 0.15) is 0 Å². The maximum Gasteiger partial charge on any atom is 0.0540 e. The summed E-state index contributed by atoms with van der Waals surface area (Å²) in [6, 6.07) is 85.5. The van der Waals surface area contributed by atoms with E-state index in [1.807, 2.05) is 0 Å². The molecule has 0 aliphatic heterocycles. The number of para-hydroxylation sites is 1. The van der Waals surface area contributed by atoms with E-state index in [0.29, 0.717) is 0 Å². The van der Waals surface area contributed by atoms with E-state index in [9.17, 15) is 0 Å². The Bertz CT molecular complexity index is 2970. The molecule has 0 spiro atoms. The summed E-state index contributed by atoms with van der Waals surface area (Å²) in [4.78, 5) is 2.39. The lowest BCUT2D eigenvalue weighted by Crippen LogP contribution is -2.11. The number of fused-ring (bicyclic) bond motifs is 3. The second-order valence-electron chi connectivity index (χ2n) is 14.5. The van der Waals surface area contributed by atoms with Gasteiger partial charge in [-0.2, -0.15) is 0 Å². The van der Waals surface area contributed by atoms with Crippen molar-refractivity contribution in [1.82, 2.24) is 0 Å². The van der Waals surface area contributed by atoms with Crippen LogP contribution in [0, 0.1) is 0 Å². The summed E-state index contributed by atoms with van der Waals surface area (Å²) in [5, 5.41) is 5.08. The summed E-state index contributed by atoms with van der Waals surface area (Å²) in [5.74, 6) is 0. The molecule has 0 aromatic heterocycles. The largest absolute Gasteiger partial charge is 0.310 e. The minimum Gasteiger partial charge on any atom is -0.310 e. The quantitative estimate of drug-likeness (QED) is 0.141. The van der Waals surface area contributed by atoms with Crippen LogP contribution in [0.4, 0.5) is 17.1 Å². The normalized spacial score (nSPS) is 11.2. The Morgan fingerprint density at radius 2 is 0.719 bits per heavy atom.